The summed E-state index contributed by atoms with van der Waals surface area (Å²) >= 11 is 1.69. The van der Waals surface area contributed by atoms with Crippen molar-refractivity contribution in [1.29, 1.82) is 5.26 Å². The van der Waals surface area contributed by atoms with Crippen LogP contribution in [0.25, 0.3) is 115 Å². The molecule has 0 saturated heterocycles. The van der Waals surface area contributed by atoms with Crippen molar-refractivity contribution in [1.82, 2.24) is 24.5 Å². The minimum absolute atomic E-state index is 0.498. The summed E-state index contributed by atoms with van der Waals surface area (Å²) in [5.74, 6) is 1.60. The van der Waals surface area contributed by atoms with E-state index in [2.05, 4.69) is 107 Å². The van der Waals surface area contributed by atoms with Gasteiger partial charge in [0.2, 0.25) is 0 Å². The van der Waals surface area contributed by atoms with Gasteiger partial charge in [0.1, 0.15) is 11.2 Å². The van der Waals surface area contributed by atoms with E-state index in [1.54, 1.807) is 17.4 Å². The number of furan rings is 1. The van der Waals surface area contributed by atoms with E-state index in [1.165, 1.54) is 0 Å². The number of aromatic nitrogens is 5. The highest BCUT2D eigenvalue weighted by Crippen LogP contribution is 2.43. The van der Waals surface area contributed by atoms with Crippen LogP contribution in [0.5, 0.6) is 0 Å². The first kappa shape index (κ1) is 33.2. The molecule has 12 rings (SSSR count). The number of rotatable bonds is 5. The highest BCUT2D eigenvalue weighted by molar-refractivity contribution is 7.26. The van der Waals surface area contributed by atoms with E-state index in [0.29, 0.717) is 23.0 Å². The number of para-hydroxylation sites is 2. The van der Waals surface area contributed by atoms with Crippen LogP contribution in [0.4, 0.5) is 0 Å². The second-order valence-corrected chi connectivity index (χ2v) is 15.7. The quantitative estimate of drug-likeness (QED) is 0.173. The van der Waals surface area contributed by atoms with Crippen LogP contribution in [0.3, 0.4) is 0 Å². The summed E-state index contributed by atoms with van der Waals surface area (Å²) < 4.78 is 10.6. The summed E-state index contributed by atoms with van der Waals surface area (Å²) in [6.45, 7) is 0. The SMILES string of the molecule is N#Cc1cccc(-c2nc(-c3ccccc3)nc(-c3cc(-n4c5ccccc5c5cc(-c6ccc7oc8ccccc8c7c6)ccc54)cc4c3sc3cnccc34)n2)c1. The first-order valence-corrected chi connectivity index (χ1v) is 20.1. The maximum atomic E-state index is 9.76. The van der Waals surface area contributed by atoms with Gasteiger partial charge in [0, 0.05) is 71.8 Å². The molecule has 0 saturated carbocycles. The van der Waals surface area contributed by atoms with Crippen LogP contribution in [0.15, 0.2) is 175 Å². The Morgan fingerprint density at radius 2 is 1.22 bits per heavy atom. The lowest BCUT2D eigenvalue weighted by Gasteiger charge is -2.13. The van der Waals surface area contributed by atoms with E-state index < -0.39 is 0 Å². The summed E-state index contributed by atoms with van der Waals surface area (Å²) in [7, 11) is 0. The molecule has 0 amide bonds. The first-order valence-electron chi connectivity index (χ1n) is 19.2. The number of thiophene rings is 1. The molecule has 0 aliphatic heterocycles. The highest BCUT2D eigenvalue weighted by atomic mass is 32.1. The van der Waals surface area contributed by atoms with E-state index in [-0.39, 0.29) is 0 Å². The molecule has 0 atom stereocenters. The largest absolute Gasteiger partial charge is 0.456 e. The minimum atomic E-state index is 0.498. The predicted octanol–water partition coefficient (Wildman–Crippen LogP) is 13.2. The van der Waals surface area contributed by atoms with Gasteiger partial charge < -0.3 is 8.98 Å². The summed E-state index contributed by atoms with van der Waals surface area (Å²) in [6.07, 6.45) is 3.78. The third-order valence-electron chi connectivity index (χ3n) is 11.2. The fourth-order valence-electron chi connectivity index (χ4n) is 8.42. The van der Waals surface area contributed by atoms with Crippen molar-refractivity contribution in [2.45, 2.75) is 0 Å². The molecule has 5 aromatic heterocycles. The highest BCUT2D eigenvalue weighted by Gasteiger charge is 2.21. The summed E-state index contributed by atoms with van der Waals surface area (Å²) in [5, 5.41) is 16.5. The van der Waals surface area contributed by atoms with Gasteiger partial charge in [-0.2, -0.15) is 5.26 Å². The number of nitriles is 1. The molecular formula is C51H28N6OS. The zero-order valence-electron chi connectivity index (χ0n) is 31.2. The Balaban J connectivity index is 1.10. The van der Waals surface area contributed by atoms with Crippen molar-refractivity contribution >= 4 is 75.3 Å². The molecule has 0 N–H and O–H groups in total. The van der Waals surface area contributed by atoms with Crippen LogP contribution in [-0.4, -0.2) is 24.5 Å². The Hall–Kier alpha value is -7.99. The monoisotopic (exact) mass is 772 g/mol. The first-order chi connectivity index (χ1) is 29.2. The maximum absolute atomic E-state index is 9.76. The molecule has 0 spiro atoms. The van der Waals surface area contributed by atoms with Crippen molar-refractivity contribution in [2.75, 3.05) is 0 Å². The van der Waals surface area contributed by atoms with Crippen LogP contribution in [0.1, 0.15) is 5.56 Å². The Morgan fingerprint density at radius 3 is 2.10 bits per heavy atom. The molecular weight excluding hydrogens is 745 g/mol. The lowest BCUT2D eigenvalue weighted by atomic mass is 10.0. The van der Waals surface area contributed by atoms with E-state index in [1.807, 2.05) is 73.1 Å². The molecule has 0 aliphatic rings. The standard InChI is InChI=1S/C51H28N6OS/c52-28-30-9-8-12-34(23-30)50-54-49(31-10-2-1-3-11-31)55-51(56-50)42-27-35(26-41-38-21-22-53-29-47(38)59-48(41)42)57-43-15-6-4-13-36(43)39-24-32(17-19-44(39)57)33-18-20-46-40(25-33)37-14-5-7-16-45(37)58-46/h1-27,29H. The van der Waals surface area contributed by atoms with Gasteiger partial charge in [-0.05, 0) is 77.9 Å². The lowest BCUT2D eigenvalue weighted by Crippen LogP contribution is -2.01. The molecule has 0 bridgehead atoms. The molecule has 274 valence electrons. The van der Waals surface area contributed by atoms with Gasteiger partial charge in [0.15, 0.2) is 17.5 Å². The van der Waals surface area contributed by atoms with Crippen LogP contribution < -0.4 is 0 Å². The Labute approximate surface area is 340 Å². The molecule has 59 heavy (non-hydrogen) atoms. The van der Waals surface area contributed by atoms with E-state index in [4.69, 9.17) is 19.4 Å². The van der Waals surface area contributed by atoms with Crippen LogP contribution >= 0.6 is 11.3 Å². The number of fused-ring (bicyclic) bond motifs is 9. The van der Waals surface area contributed by atoms with Gasteiger partial charge in [0.05, 0.1) is 27.4 Å². The molecule has 0 aliphatic carbocycles. The molecule has 7 nitrogen and oxygen atoms in total. The van der Waals surface area contributed by atoms with Gasteiger partial charge in [-0.15, -0.1) is 11.3 Å². The van der Waals surface area contributed by atoms with Crippen LogP contribution in [0.2, 0.25) is 0 Å². The van der Waals surface area contributed by atoms with Crippen molar-refractivity contribution in [2.24, 2.45) is 0 Å². The average Bonchev–Trinajstić information content (AvgIpc) is 3.98. The van der Waals surface area contributed by atoms with Crippen molar-refractivity contribution in [3.63, 3.8) is 0 Å². The van der Waals surface area contributed by atoms with Gasteiger partial charge in [-0.25, -0.2) is 15.0 Å². The fraction of sp³-hybridized carbons (Fsp3) is 0. The number of pyridine rings is 1. The molecule has 0 unspecified atom stereocenters. The topological polar surface area (TPSA) is 93.4 Å². The Morgan fingerprint density at radius 1 is 0.508 bits per heavy atom. The zero-order chi connectivity index (χ0) is 39.0. The number of nitrogens with zero attached hydrogens (tertiary/aromatic N) is 6. The molecule has 0 fully saturated rings. The summed E-state index contributed by atoms with van der Waals surface area (Å²) in [5.41, 5.74) is 10.3. The van der Waals surface area contributed by atoms with Crippen molar-refractivity contribution in [3.05, 3.63) is 176 Å². The van der Waals surface area contributed by atoms with Crippen molar-refractivity contribution in [3.8, 4) is 57.0 Å². The molecule has 12 aromatic rings. The predicted molar refractivity (Wildman–Crippen MR) is 239 cm³/mol. The normalized spacial score (nSPS) is 11.7. The minimum Gasteiger partial charge on any atom is -0.456 e. The molecule has 5 heterocycles. The Bertz CT molecular complexity index is 3710. The third kappa shape index (κ3) is 5.33. The van der Waals surface area contributed by atoms with Crippen LogP contribution in [0, 0.1) is 11.3 Å². The number of hydrogen-bond donors (Lipinski definition) is 0. The van der Waals surface area contributed by atoms with E-state index >= 15 is 0 Å². The summed E-state index contributed by atoms with van der Waals surface area (Å²) in [6, 6.07) is 56.2. The smallest absolute Gasteiger partial charge is 0.165 e. The van der Waals surface area contributed by atoms with Gasteiger partial charge in [-0.3, -0.25) is 4.98 Å². The number of benzene rings is 7. The average molecular weight is 773 g/mol. The summed E-state index contributed by atoms with van der Waals surface area (Å²) in [4.78, 5) is 19.8. The van der Waals surface area contributed by atoms with E-state index in [9.17, 15) is 5.26 Å². The van der Waals surface area contributed by atoms with Gasteiger partial charge in [-0.1, -0.05) is 91.0 Å². The third-order valence-corrected chi connectivity index (χ3v) is 12.3. The molecule has 0 radical (unpaired) electrons. The molecule has 7 aromatic carbocycles. The zero-order valence-corrected chi connectivity index (χ0v) is 32.0. The molecule has 8 heteroatoms. The maximum Gasteiger partial charge on any atom is 0.165 e. The Kier molecular flexibility index (Phi) is 7.33. The lowest BCUT2D eigenvalue weighted by molar-refractivity contribution is 0.669. The van der Waals surface area contributed by atoms with Crippen molar-refractivity contribution < 1.29 is 4.42 Å². The van der Waals surface area contributed by atoms with Crippen LogP contribution in [-0.2, 0) is 0 Å². The van der Waals surface area contributed by atoms with Gasteiger partial charge >= 0.3 is 0 Å². The second-order valence-electron chi connectivity index (χ2n) is 14.6. The fourth-order valence-corrected chi connectivity index (χ4v) is 9.58. The number of hydrogen-bond acceptors (Lipinski definition) is 7. The second kappa shape index (κ2) is 13.0. The van der Waals surface area contributed by atoms with E-state index in [0.717, 1.165) is 97.4 Å². The van der Waals surface area contributed by atoms with Gasteiger partial charge in [0.25, 0.3) is 0 Å².